The summed E-state index contributed by atoms with van der Waals surface area (Å²) in [6.07, 6.45) is 0.282. The molecule has 5 aromatic rings. The predicted octanol–water partition coefficient (Wildman–Crippen LogP) is 4.65. The fourth-order valence-corrected chi connectivity index (χ4v) is 5.92. The van der Waals surface area contributed by atoms with E-state index in [1.807, 2.05) is 32.0 Å². The molecule has 0 fully saturated rings. The molecule has 3 aromatic carbocycles. The van der Waals surface area contributed by atoms with Gasteiger partial charge in [-0.2, -0.15) is 17.5 Å². The fourth-order valence-electron chi connectivity index (χ4n) is 3.86. The van der Waals surface area contributed by atoms with Crippen molar-refractivity contribution in [3.05, 3.63) is 77.4 Å². The predicted molar refractivity (Wildman–Crippen MR) is 137 cm³/mol. The average molecular weight is 524 g/mol. The van der Waals surface area contributed by atoms with Gasteiger partial charge in [0.05, 0.1) is 34.3 Å². The third-order valence-electron chi connectivity index (χ3n) is 5.85. The Balaban J connectivity index is 1.47. The number of carbonyl (C=O) groups is 1. The van der Waals surface area contributed by atoms with Crippen LogP contribution in [0.2, 0.25) is 0 Å². The topological polar surface area (TPSA) is 115 Å². The van der Waals surface area contributed by atoms with E-state index >= 15 is 0 Å². The number of aromatic nitrogens is 4. The molecule has 1 N–H and O–H groups in total. The molecule has 0 bridgehead atoms. The van der Waals surface area contributed by atoms with Crippen molar-refractivity contribution in [3.8, 4) is 0 Å². The van der Waals surface area contributed by atoms with E-state index < -0.39 is 21.8 Å². The van der Waals surface area contributed by atoms with Gasteiger partial charge in [-0.25, -0.2) is 13.1 Å². The molecule has 0 saturated heterocycles. The van der Waals surface area contributed by atoms with Gasteiger partial charge in [-0.3, -0.25) is 4.79 Å². The van der Waals surface area contributed by atoms with Gasteiger partial charge in [0.15, 0.2) is 0 Å². The number of amides is 1. The Morgan fingerprint density at radius 2 is 1.37 bits per heavy atom. The second-order valence-electron chi connectivity index (χ2n) is 8.55. The van der Waals surface area contributed by atoms with Crippen LogP contribution in [0.4, 0.5) is 0 Å². The molecule has 0 radical (unpaired) electrons. The quantitative estimate of drug-likeness (QED) is 0.330. The second-order valence-corrected chi connectivity index (χ2v) is 11.3. The maximum Gasteiger partial charge on any atom is 0.264 e. The van der Waals surface area contributed by atoms with E-state index in [0.717, 1.165) is 51.1 Å². The highest BCUT2D eigenvalue weighted by Gasteiger charge is 2.27. The van der Waals surface area contributed by atoms with Crippen molar-refractivity contribution in [3.63, 3.8) is 0 Å². The molecule has 11 heteroatoms. The van der Waals surface area contributed by atoms with Crippen LogP contribution < -0.4 is 4.72 Å². The van der Waals surface area contributed by atoms with E-state index in [4.69, 9.17) is 0 Å². The van der Waals surface area contributed by atoms with Gasteiger partial charge in [0, 0.05) is 0 Å². The third kappa shape index (κ3) is 4.93. The zero-order chi connectivity index (χ0) is 24.6. The molecule has 1 unspecified atom stereocenters. The van der Waals surface area contributed by atoms with Crippen LogP contribution in [0.5, 0.6) is 0 Å². The van der Waals surface area contributed by atoms with Crippen molar-refractivity contribution in [1.29, 1.82) is 0 Å². The van der Waals surface area contributed by atoms with Crippen LogP contribution in [0.25, 0.3) is 22.1 Å². The monoisotopic (exact) mass is 523 g/mol. The number of benzene rings is 3. The molecule has 0 spiro atoms. The molecule has 178 valence electrons. The van der Waals surface area contributed by atoms with Crippen molar-refractivity contribution in [2.75, 3.05) is 0 Å². The number of nitrogens with zero attached hydrogens (tertiary/aromatic N) is 4. The van der Waals surface area contributed by atoms with Crippen LogP contribution in [-0.4, -0.2) is 31.8 Å². The number of sulfonamides is 1. The average Bonchev–Trinajstić information content (AvgIpc) is 3.50. The molecule has 1 amide bonds. The zero-order valence-electron chi connectivity index (χ0n) is 18.9. The summed E-state index contributed by atoms with van der Waals surface area (Å²) in [6.45, 7) is 4.06. The zero-order valence-corrected chi connectivity index (χ0v) is 21.3. The Bertz CT molecular complexity index is 1630. The van der Waals surface area contributed by atoms with Crippen molar-refractivity contribution in [1.82, 2.24) is 22.2 Å². The van der Waals surface area contributed by atoms with Gasteiger partial charge in [-0.1, -0.05) is 38.1 Å². The fraction of sp³-hybridized carbons (Fsp3) is 0.208. The van der Waals surface area contributed by atoms with Crippen LogP contribution >= 0.6 is 23.5 Å². The smallest absolute Gasteiger partial charge is 0.264 e. The molecule has 8 nitrogen and oxygen atoms in total. The summed E-state index contributed by atoms with van der Waals surface area (Å²) in [4.78, 5) is 13.5. The van der Waals surface area contributed by atoms with Crippen molar-refractivity contribution in [2.24, 2.45) is 0 Å². The molecule has 0 aliphatic heterocycles. The van der Waals surface area contributed by atoms with E-state index in [1.54, 1.807) is 30.3 Å². The highest BCUT2D eigenvalue weighted by Crippen LogP contribution is 2.27. The maximum absolute atomic E-state index is 13.5. The van der Waals surface area contributed by atoms with Gasteiger partial charge < -0.3 is 0 Å². The first-order chi connectivity index (χ1) is 16.8. The van der Waals surface area contributed by atoms with E-state index in [1.165, 1.54) is 12.1 Å². The second kappa shape index (κ2) is 9.40. The minimum atomic E-state index is -4.05. The van der Waals surface area contributed by atoms with Gasteiger partial charge in [0.2, 0.25) is 5.91 Å². The Kier molecular flexibility index (Phi) is 6.30. The minimum Gasteiger partial charge on any atom is -0.273 e. The lowest BCUT2D eigenvalue weighted by Crippen LogP contribution is -2.35. The van der Waals surface area contributed by atoms with E-state index in [0.29, 0.717) is 11.1 Å². The normalized spacial score (nSPS) is 12.9. The molecule has 1 atom stereocenters. The summed E-state index contributed by atoms with van der Waals surface area (Å²) in [5.41, 5.74) is 5.43. The molecule has 0 saturated carbocycles. The number of fused-ring (bicyclic) bond motifs is 2. The van der Waals surface area contributed by atoms with Crippen LogP contribution in [0.15, 0.2) is 65.6 Å². The molecular formula is C24H21N5O3S3. The van der Waals surface area contributed by atoms with Crippen molar-refractivity contribution < 1.29 is 13.2 Å². The summed E-state index contributed by atoms with van der Waals surface area (Å²) in [5, 5.41) is 0. The maximum atomic E-state index is 13.5. The largest absolute Gasteiger partial charge is 0.273 e. The Morgan fingerprint density at radius 3 is 2.03 bits per heavy atom. The number of nitrogens with one attached hydrogen (secondary N) is 1. The summed E-state index contributed by atoms with van der Waals surface area (Å²) < 4.78 is 45.4. The molecule has 0 aliphatic rings. The van der Waals surface area contributed by atoms with Gasteiger partial charge in [0.25, 0.3) is 10.0 Å². The molecule has 2 heterocycles. The molecule has 35 heavy (non-hydrogen) atoms. The van der Waals surface area contributed by atoms with Crippen LogP contribution in [0.1, 0.15) is 42.4 Å². The van der Waals surface area contributed by atoms with Crippen molar-refractivity contribution >= 4 is 61.5 Å². The van der Waals surface area contributed by atoms with Crippen LogP contribution in [0.3, 0.4) is 0 Å². The molecule has 5 rings (SSSR count). The van der Waals surface area contributed by atoms with Gasteiger partial charge in [-0.15, -0.1) is 0 Å². The summed E-state index contributed by atoms with van der Waals surface area (Å²) >= 11 is 2.21. The number of hydrogen-bond acceptors (Lipinski definition) is 9. The number of rotatable bonds is 7. The first-order valence-electron chi connectivity index (χ1n) is 10.9. The first kappa shape index (κ1) is 23.5. The van der Waals surface area contributed by atoms with E-state index in [-0.39, 0.29) is 17.2 Å². The Morgan fingerprint density at radius 1 is 0.800 bits per heavy atom. The summed E-state index contributed by atoms with van der Waals surface area (Å²) in [6, 6.07) is 17.6. The highest BCUT2D eigenvalue weighted by atomic mass is 32.2. The lowest BCUT2D eigenvalue weighted by molar-refractivity contribution is -0.120. The lowest BCUT2D eigenvalue weighted by Gasteiger charge is -2.18. The SMILES string of the molecule is CC(C)c1ccc(S(=O)(=O)NC(=O)C(Cc2ccc3nsnc3c2)c2ccc3nsnc3c2)cc1. The summed E-state index contributed by atoms with van der Waals surface area (Å²) in [5.74, 6) is -1.11. The molecule has 0 aliphatic carbocycles. The lowest BCUT2D eigenvalue weighted by atomic mass is 9.91. The number of carbonyl (C=O) groups excluding carboxylic acids is 1. The van der Waals surface area contributed by atoms with Gasteiger partial charge in [-0.05, 0) is 65.4 Å². The van der Waals surface area contributed by atoms with E-state index in [9.17, 15) is 13.2 Å². The Hall–Kier alpha value is -3.28. The highest BCUT2D eigenvalue weighted by molar-refractivity contribution is 7.90. The van der Waals surface area contributed by atoms with E-state index in [2.05, 4.69) is 22.2 Å². The van der Waals surface area contributed by atoms with Gasteiger partial charge >= 0.3 is 0 Å². The summed E-state index contributed by atoms with van der Waals surface area (Å²) in [7, 11) is -4.05. The minimum absolute atomic E-state index is 0.0446. The van der Waals surface area contributed by atoms with Crippen LogP contribution in [0, 0.1) is 0 Å². The van der Waals surface area contributed by atoms with Gasteiger partial charge in [0.1, 0.15) is 22.1 Å². The van der Waals surface area contributed by atoms with Crippen molar-refractivity contribution in [2.45, 2.75) is 37.0 Å². The standard InChI is InChI=1S/C24H21N5O3S3/c1-14(2)16-4-7-18(8-5-16)35(31,32)29-24(30)19(17-6-10-21-23(13-17)28-34-26-21)11-15-3-9-20-22(12-15)27-33-25-20/h3-10,12-14,19H,11H2,1-2H3,(H,29,30). The molecule has 2 aromatic heterocycles. The first-order valence-corrected chi connectivity index (χ1v) is 13.8. The number of hydrogen-bond donors (Lipinski definition) is 1. The third-order valence-corrected chi connectivity index (χ3v) is 8.32. The van der Waals surface area contributed by atoms with Crippen LogP contribution in [-0.2, 0) is 21.2 Å². The Labute approximate surface area is 210 Å². The molecular weight excluding hydrogens is 502 g/mol.